The first-order valence-electron chi connectivity index (χ1n) is 12.3. The molecule has 5 unspecified atom stereocenters. The fraction of sp³-hybridized carbons (Fsp3) is 0.593. The fourth-order valence-electron chi connectivity index (χ4n) is 5.54. The van der Waals surface area contributed by atoms with Gasteiger partial charge in [0.05, 0.1) is 6.10 Å². The van der Waals surface area contributed by atoms with Crippen molar-refractivity contribution in [3.05, 3.63) is 53.0 Å². The van der Waals surface area contributed by atoms with Crippen LogP contribution < -0.4 is 0 Å². The molecule has 1 aromatic carbocycles. The van der Waals surface area contributed by atoms with Crippen LogP contribution in [0.5, 0.6) is 0 Å². The van der Waals surface area contributed by atoms with Crippen LogP contribution in [0.1, 0.15) is 59.4 Å². The van der Waals surface area contributed by atoms with E-state index in [9.17, 15) is 9.90 Å². The lowest BCUT2D eigenvalue weighted by molar-refractivity contribution is -0.169. The highest BCUT2D eigenvalue weighted by Gasteiger charge is 2.46. The van der Waals surface area contributed by atoms with E-state index in [0.29, 0.717) is 39.9 Å². The van der Waals surface area contributed by atoms with Gasteiger partial charge in [-0.2, -0.15) is 5.10 Å². The van der Waals surface area contributed by atoms with Crippen molar-refractivity contribution in [1.29, 1.82) is 0 Å². The van der Waals surface area contributed by atoms with Crippen molar-refractivity contribution in [2.45, 2.75) is 72.5 Å². The summed E-state index contributed by atoms with van der Waals surface area (Å²) in [7, 11) is 0. The van der Waals surface area contributed by atoms with Crippen LogP contribution in [-0.4, -0.2) is 38.0 Å². The number of hydrogen-bond acceptors (Lipinski definition) is 4. The van der Waals surface area contributed by atoms with Crippen molar-refractivity contribution >= 4 is 34.9 Å². The average molecular weight is 523 g/mol. The van der Waals surface area contributed by atoms with E-state index in [2.05, 4.69) is 37.4 Å². The summed E-state index contributed by atoms with van der Waals surface area (Å²) in [6.45, 7) is 14.9. The van der Waals surface area contributed by atoms with Crippen LogP contribution in [0, 0.1) is 29.1 Å². The zero-order chi connectivity index (χ0) is 25.9. The van der Waals surface area contributed by atoms with E-state index < -0.39 is 23.4 Å². The Labute approximate surface area is 218 Å². The molecule has 2 aromatic rings. The van der Waals surface area contributed by atoms with E-state index in [0.717, 1.165) is 24.8 Å². The van der Waals surface area contributed by atoms with Crippen molar-refractivity contribution < 1.29 is 14.6 Å². The molecule has 1 aliphatic rings. The summed E-state index contributed by atoms with van der Waals surface area (Å²) in [5.41, 5.74) is 0.805. The number of nitrogens with zero attached hydrogens (tertiary/aromatic N) is 3. The van der Waals surface area contributed by atoms with Gasteiger partial charge in [0.25, 0.3) is 0 Å². The molecule has 35 heavy (non-hydrogen) atoms. The maximum atomic E-state index is 12.8. The van der Waals surface area contributed by atoms with Gasteiger partial charge >= 0.3 is 5.97 Å². The number of halogens is 2. The zero-order valence-corrected chi connectivity index (χ0v) is 22.8. The summed E-state index contributed by atoms with van der Waals surface area (Å²) in [6, 6.07) is 5.38. The number of aromatic nitrogens is 3. The first-order chi connectivity index (χ1) is 16.4. The lowest BCUT2D eigenvalue weighted by atomic mass is 9.69. The quantitative estimate of drug-likeness (QED) is 0.368. The van der Waals surface area contributed by atoms with Crippen LogP contribution in [-0.2, 0) is 16.0 Å². The Morgan fingerprint density at radius 3 is 2.60 bits per heavy atom. The van der Waals surface area contributed by atoms with Gasteiger partial charge in [0.2, 0.25) is 0 Å². The molecule has 0 saturated heterocycles. The number of carbonyl (C=O) groups is 1. The summed E-state index contributed by atoms with van der Waals surface area (Å²) in [4.78, 5) is 16.9. The largest absolute Gasteiger partial charge is 0.479 e. The first kappa shape index (κ1) is 27.7. The van der Waals surface area contributed by atoms with Crippen molar-refractivity contribution in [3.8, 4) is 0 Å². The monoisotopic (exact) mass is 521 g/mol. The number of carboxylic acids is 1. The van der Waals surface area contributed by atoms with Crippen molar-refractivity contribution in [1.82, 2.24) is 14.8 Å². The minimum Gasteiger partial charge on any atom is -0.479 e. The van der Waals surface area contributed by atoms with E-state index in [1.54, 1.807) is 23.1 Å². The molecule has 1 aromatic heterocycles. The summed E-state index contributed by atoms with van der Waals surface area (Å²) in [5, 5.41) is 15.8. The number of carboxylic acid groups (broad SMARTS) is 1. The van der Waals surface area contributed by atoms with Crippen molar-refractivity contribution in [3.63, 3.8) is 0 Å². The fourth-order valence-corrected chi connectivity index (χ4v) is 6.01. The normalized spacial score (nSPS) is 22.7. The third kappa shape index (κ3) is 6.66. The standard InChI is InChI=1S/C27H37Cl2N3O3/c1-16(2)21-10-7-17(3)11-23(21)35-25(26(33)34)24(18(4)32-15-30-14-31-32)27(5,6)13-19-8-9-20(28)12-22(19)29/h8-9,12,14-17,21,23-25H,4,7,10-11,13H2,1-3,5-6H3,(H,33,34). The molecule has 6 nitrogen and oxygen atoms in total. The molecule has 1 N–H and O–H groups in total. The van der Waals surface area contributed by atoms with E-state index in [-0.39, 0.29) is 6.10 Å². The van der Waals surface area contributed by atoms with Gasteiger partial charge in [0.1, 0.15) is 12.7 Å². The Morgan fingerprint density at radius 2 is 2.03 bits per heavy atom. The summed E-state index contributed by atoms with van der Waals surface area (Å²) in [6.07, 6.45) is 5.23. The van der Waals surface area contributed by atoms with Gasteiger partial charge in [-0.3, -0.25) is 0 Å². The van der Waals surface area contributed by atoms with Crippen LogP contribution in [0.4, 0.5) is 0 Å². The maximum absolute atomic E-state index is 12.8. The highest BCUT2D eigenvalue weighted by atomic mass is 35.5. The van der Waals surface area contributed by atoms with Gasteiger partial charge in [0.15, 0.2) is 6.10 Å². The third-order valence-corrected chi connectivity index (χ3v) is 7.99. The van der Waals surface area contributed by atoms with E-state index in [1.165, 1.54) is 6.33 Å². The Bertz CT molecular complexity index is 1020. The first-order valence-corrected chi connectivity index (χ1v) is 13.0. The molecule has 0 amide bonds. The lowest BCUT2D eigenvalue weighted by Crippen LogP contribution is -2.47. The van der Waals surface area contributed by atoms with E-state index >= 15 is 0 Å². The zero-order valence-electron chi connectivity index (χ0n) is 21.2. The molecule has 1 aliphatic carbocycles. The average Bonchev–Trinajstić information content (AvgIpc) is 3.29. The molecule has 1 saturated carbocycles. The second kappa shape index (κ2) is 11.4. The summed E-state index contributed by atoms with van der Waals surface area (Å²) in [5.74, 6) is -0.407. The molecule has 1 heterocycles. The molecule has 0 aliphatic heterocycles. The second-order valence-corrected chi connectivity index (χ2v) is 11.8. The van der Waals surface area contributed by atoms with Crippen molar-refractivity contribution in [2.24, 2.45) is 29.1 Å². The summed E-state index contributed by atoms with van der Waals surface area (Å²) < 4.78 is 8.12. The minimum absolute atomic E-state index is 0.138. The van der Waals surface area contributed by atoms with E-state index in [4.69, 9.17) is 27.9 Å². The van der Waals surface area contributed by atoms with Gasteiger partial charge in [-0.25, -0.2) is 14.5 Å². The third-order valence-electron chi connectivity index (χ3n) is 7.40. The molecule has 8 heteroatoms. The molecule has 1 fully saturated rings. The summed E-state index contributed by atoms with van der Waals surface area (Å²) >= 11 is 12.6. The molecule has 0 spiro atoms. The minimum atomic E-state index is -1.11. The predicted molar refractivity (Wildman–Crippen MR) is 140 cm³/mol. The van der Waals surface area contributed by atoms with Gasteiger partial charge in [-0.1, -0.05) is 76.9 Å². The van der Waals surface area contributed by atoms with Gasteiger partial charge < -0.3 is 9.84 Å². The SMILES string of the molecule is C=C(C(C(OC1CC(C)CCC1C(C)C)C(=O)O)C(C)(C)Cc1ccc(Cl)cc1Cl)n1cncn1. The Morgan fingerprint density at radius 1 is 1.31 bits per heavy atom. The molecule has 0 radical (unpaired) electrons. The number of benzene rings is 1. The van der Waals surface area contributed by atoms with Crippen LogP contribution in [0.25, 0.3) is 5.70 Å². The molecule has 0 bridgehead atoms. The number of aliphatic carboxylic acids is 1. The van der Waals surface area contributed by atoms with Gasteiger partial charge in [-0.05, 0) is 60.1 Å². The molecule has 3 rings (SSSR count). The lowest BCUT2D eigenvalue weighted by Gasteiger charge is -2.43. The second-order valence-electron chi connectivity index (χ2n) is 11.0. The Kier molecular flexibility index (Phi) is 9.06. The van der Waals surface area contributed by atoms with Crippen LogP contribution >= 0.6 is 23.2 Å². The highest BCUT2D eigenvalue weighted by molar-refractivity contribution is 6.35. The Balaban J connectivity index is 2.01. The van der Waals surface area contributed by atoms with Gasteiger partial charge in [-0.15, -0.1) is 0 Å². The number of ether oxygens (including phenoxy) is 1. The molecule has 192 valence electrons. The molecular weight excluding hydrogens is 485 g/mol. The van der Waals surface area contributed by atoms with Crippen LogP contribution in [0.15, 0.2) is 37.4 Å². The topological polar surface area (TPSA) is 77.2 Å². The Hall–Kier alpha value is -1.89. The number of rotatable bonds is 10. The van der Waals surface area contributed by atoms with Crippen molar-refractivity contribution in [2.75, 3.05) is 0 Å². The predicted octanol–water partition coefficient (Wildman–Crippen LogP) is 6.87. The van der Waals surface area contributed by atoms with Gasteiger partial charge in [0, 0.05) is 21.7 Å². The van der Waals surface area contributed by atoms with Crippen LogP contribution in [0.2, 0.25) is 10.0 Å². The van der Waals surface area contributed by atoms with Crippen LogP contribution in [0.3, 0.4) is 0 Å². The smallest absolute Gasteiger partial charge is 0.333 e. The highest BCUT2D eigenvalue weighted by Crippen LogP contribution is 2.44. The molecular formula is C27H37Cl2N3O3. The number of hydrogen-bond donors (Lipinski definition) is 1. The van der Waals surface area contributed by atoms with E-state index in [1.807, 2.05) is 19.9 Å². The maximum Gasteiger partial charge on any atom is 0.333 e. The molecule has 5 atom stereocenters.